The molecule has 0 saturated heterocycles. The van der Waals surface area contributed by atoms with Crippen molar-refractivity contribution in [3.8, 4) is 5.69 Å². The molecule has 3 heterocycles. The van der Waals surface area contributed by atoms with E-state index in [0.29, 0.717) is 29.4 Å². The average Bonchev–Trinajstić information content (AvgIpc) is 3.43. The molecule has 9 nitrogen and oxygen atoms in total. The van der Waals surface area contributed by atoms with E-state index in [4.69, 9.17) is 9.72 Å². The van der Waals surface area contributed by atoms with Crippen molar-refractivity contribution in [2.24, 2.45) is 5.92 Å². The Bertz CT molecular complexity index is 1310. The molecule has 1 saturated carbocycles. The van der Waals surface area contributed by atoms with Gasteiger partial charge in [0, 0.05) is 43.4 Å². The number of hydrogen-bond donors (Lipinski definition) is 2. The second kappa shape index (κ2) is 9.40. The molecule has 1 fully saturated rings. The second-order valence-corrected chi connectivity index (χ2v) is 8.90. The maximum atomic E-state index is 12.3. The van der Waals surface area contributed by atoms with Crippen LogP contribution in [0, 0.1) is 5.92 Å². The number of rotatable bonds is 7. The highest BCUT2D eigenvalue weighted by atomic mass is 79.9. The van der Waals surface area contributed by atoms with Crippen molar-refractivity contribution < 1.29 is 9.53 Å². The van der Waals surface area contributed by atoms with Gasteiger partial charge in [-0.1, -0.05) is 12.1 Å². The van der Waals surface area contributed by atoms with Crippen LogP contribution in [0.25, 0.3) is 27.6 Å². The van der Waals surface area contributed by atoms with Gasteiger partial charge in [0.05, 0.1) is 23.2 Å². The minimum atomic E-state index is -0.00661. The number of anilines is 1. The summed E-state index contributed by atoms with van der Waals surface area (Å²) < 4.78 is 7.47. The normalized spacial score (nSPS) is 18.1. The van der Waals surface area contributed by atoms with Crippen LogP contribution < -0.4 is 10.6 Å². The van der Waals surface area contributed by atoms with Crippen LogP contribution in [-0.4, -0.2) is 56.9 Å². The van der Waals surface area contributed by atoms with Crippen LogP contribution in [0.5, 0.6) is 0 Å². The largest absolute Gasteiger partial charge is 0.383 e. The lowest BCUT2D eigenvalue weighted by Crippen LogP contribution is -2.32. The predicted molar refractivity (Wildman–Crippen MR) is 129 cm³/mol. The number of pyridine rings is 1. The van der Waals surface area contributed by atoms with Gasteiger partial charge < -0.3 is 15.4 Å². The van der Waals surface area contributed by atoms with Gasteiger partial charge in [0.1, 0.15) is 4.60 Å². The quantitative estimate of drug-likeness (QED) is 0.367. The first-order chi connectivity index (χ1) is 16.1. The Morgan fingerprint density at radius 3 is 3.06 bits per heavy atom. The number of hydrogen-bond acceptors (Lipinski definition) is 7. The lowest BCUT2D eigenvalue weighted by atomic mass is 10.1. The smallest absolute Gasteiger partial charge is 0.224 e. The molecular formula is C23H24BrN7O2. The SMILES string of the molecule is COCCNC(=O)[C@@H]1CC[C@@H](Nc2ncc3c(Br)nn(-c4ccc5cccnc5c4)c3n2)C1. The Hall–Kier alpha value is -3.11. The molecule has 2 atom stereocenters. The first kappa shape index (κ1) is 21.7. The minimum absolute atomic E-state index is 0.00661. The molecule has 170 valence electrons. The number of halogens is 1. The number of aromatic nitrogens is 5. The molecule has 1 aromatic carbocycles. The van der Waals surface area contributed by atoms with Crippen molar-refractivity contribution in [2.45, 2.75) is 25.3 Å². The van der Waals surface area contributed by atoms with Gasteiger partial charge in [-0.15, -0.1) is 0 Å². The average molecular weight is 510 g/mol. The fourth-order valence-corrected chi connectivity index (χ4v) is 4.70. The van der Waals surface area contributed by atoms with Crippen LogP contribution in [0.2, 0.25) is 0 Å². The van der Waals surface area contributed by atoms with E-state index in [1.54, 1.807) is 24.2 Å². The third kappa shape index (κ3) is 4.53. The predicted octanol–water partition coefficient (Wildman–Crippen LogP) is 3.47. The third-order valence-electron chi connectivity index (χ3n) is 5.96. The van der Waals surface area contributed by atoms with Crippen molar-refractivity contribution in [1.82, 2.24) is 30.0 Å². The van der Waals surface area contributed by atoms with E-state index >= 15 is 0 Å². The molecule has 4 aromatic rings. The highest BCUT2D eigenvalue weighted by Crippen LogP contribution is 2.29. The van der Waals surface area contributed by atoms with E-state index in [9.17, 15) is 4.79 Å². The molecule has 0 aliphatic heterocycles. The number of carbonyl (C=O) groups excluding carboxylic acids is 1. The summed E-state index contributed by atoms with van der Waals surface area (Å²) in [6.45, 7) is 1.05. The zero-order valence-electron chi connectivity index (χ0n) is 18.2. The number of benzene rings is 1. The van der Waals surface area contributed by atoms with E-state index in [1.807, 2.05) is 30.3 Å². The molecule has 1 aliphatic carbocycles. The lowest BCUT2D eigenvalue weighted by Gasteiger charge is -2.14. The number of methoxy groups -OCH3 is 1. The van der Waals surface area contributed by atoms with Gasteiger partial charge in [-0.05, 0) is 53.4 Å². The topological polar surface area (TPSA) is 107 Å². The number of ether oxygens (including phenoxy) is 1. The van der Waals surface area contributed by atoms with Gasteiger partial charge in [0.25, 0.3) is 0 Å². The summed E-state index contributed by atoms with van der Waals surface area (Å²) in [5.74, 6) is 0.605. The monoisotopic (exact) mass is 509 g/mol. The Balaban J connectivity index is 1.36. The standard InChI is InChI=1S/C23H24BrN7O2/c1-33-10-9-26-22(32)15-4-6-16(11-15)28-23-27-13-18-20(24)30-31(21(18)29-23)17-7-5-14-3-2-8-25-19(14)12-17/h2-3,5,7-8,12-13,15-16H,4,6,9-11H2,1H3,(H,26,32)(H,27,28,29)/t15-,16-/m1/s1. The summed E-state index contributed by atoms with van der Waals surface area (Å²) in [6, 6.07) is 10.1. The molecule has 1 amide bonds. The minimum Gasteiger partial charge on any atom is -0.383 e. The van der Waals surface area contributed by atoms with Gasteiger partial charge in [0.2, 0.25) is 11.9 Å². The summed E-state index contributed by atoms with van der Waals surface area (Å²) in [5, 5.41) is 12.8. The summed E-state index contributed by atoms with van der Waals surface area (Å²) in [7, 11) is 1.62. The molecule has 2 N–H and O–H groups in total. The first-order valence-corrected chi connectivity index (χ1v) is 11.7. The Kier molecular flexibility index (Phi) is 6.19. The van der Waals surface area contributed by atoms with E-state index in [-0.39, 0.29) is 17.9 Å². The molecule has 5 rings (SSSR count). The number of amides is 1. The zero-order valence-corrected chi connectivity index (χ0v) is 19.7. The number of nitrogens with one attached hydrogen (secondary N) is 2. The maximum Gasteiger partial charge on any atom is 0.224 e. The van der Waals surface area contributed by atoms with Crippen LogP contribution in [0.4, 0.5) is 5.95 Å². The van der Waals surface area contributed by atoms with Crippen LogP contribution in [-0.2, 0) is 9.53 Å². The molecule has 0 bridgehead atoms. The number of nitrogens with zero attached hydrogens (tertiary/aromatic N) is 5. The van der Waals surface area contributed by atoms with E-state index in [1.165, 1.54) is 0 Å². The fraction of sp³-hybridized carbons (Fsp3) is 0.348. The maximum absolute atomic E-state index is 12.3. The van der Waals surface area contributed by atoms with Crippen LogP contribution in [0.3, 0.4) is 0 Å². The van der Waals surface area contributed by atoms with Gasteiger partial charge in [0.15, 0.2) is 5.65 Å². The van der Waals surface area contributed by atoms with Crippen molar-refractivity contribution in [3.63, 3.8) is 0 Å². The van der Waals surface area contributed by atoms with Crippen molar-refractivity contribution >= 4 is 49.7 Å². The Morgan fingerprint density at radius 1 is 1.27 bits per heavy atom. The van der Waals surface area contributed by atoms with Gasteiger partial charge in [-0.25, -0.2) is 9.67 Å². The van der Waals surface area contributed by atoms with E-state index in [2.05, 4.69) is 41.6 Å². The summed E-state index contributed by atoms with van der Waals surface area (Å²) in [4.78, 5) is 26.0. The highest BCUT2D eigenvalue weighted by molar-refractivity contribution is 9.10. The van der Waals surface area contributed by atoms with Crippen molar-refractivity contribution in [3.05, 3.63) is 47.3 Å². The molecule has 0 spiro atoms. The van der Waals surface area contributed by atoms with Gasteiger partial charge in [-0.2, -0.15) is 10.1 Å². The lowest BCUT2D eigenvalue weighted by molar-refractivity contribution is -0.125. The van der Waals surface area contributed by atoms with Crippen molar-refractivity contribution in [1.29, 1.82) is 0 Å². The highest BCUT2D eigenvalue weighted by Gasteiger charge is 2.30. The number of fused-ring (bicyclic) bond motifs is 2. The number of carbonyl (C=O) groups is 1. The molecule has 1 aliphatic rings. The van der Waals surface area contributed by atoms with Crippen LogP contribution >= 0.6 is 15.9 Å². The molecular weight excluding hydrogens is 486 g/mol. The first-order valence-electron chi connectivity index (χ1n) is 10.9. The Morgan fingerprint density at radius 2 is 2.18 bits per heavy atom. The summed E-state index contributed by atoms with van der Waals surface area (Å²) in [5.41, 5.74) is 2.46. The molecule has 33 heavy (non-hydrogen) atoms. The van der Waals surface area contributed by atoms with Crippen molar-refractivity contribution in [2.75, 3.05) is 25.6 Å². The van der Waals surface area contributed by atoms with Crippen LogP contribution in [0.1, 0.15) is 19.3 Å². The van der Waals surface area contributed by atoms with Gasteiger partial charge >= 0.3 is 0 Å². The zero-order chi connectivity index (χ0) is 22.8. The summed E-state index contributed by atoms with van der Waals surface area (Å²) >= 11 is 3.53. The molecule has 0 unspecified atom stereocenters. The van der Waals surface area contributed by atoms with E-state index < -0.39 is 0 Å². The second-order valence-electron chi connectivity index (χ2n) is 8.15. The summed E-state index contributed by atoms with van der Waals surface area (Å²) in [6.07, 6.45) is 6.02. The third-order valence-corrected chi connectivity index (χ3v) is 6.54. The van der Waals surface area contributed by atoms with Crippen LogP contribution in [0.15, 0.2) is 47.3 Å². The fourth-order valence-electron chi connectivity index (χ4n) is 4.26. The molecule has 10 heteroatoms. The molecule has 0 radical (unpaired) electrons. The molecule has 3 aromatic heterocycles. The van der Waals surface area contributed by atoms with E-state index in [0.717, 1.165) is 41.2 Å². The Labute approximate surface area is 199 Å². The van der Waals surface area contributed by atoms with Gasteiger partial charge in [-0.3, -0.25) is 9.78 Å².